The van der Waals surface area contributed by atoms with E-state index in [1.54, 1.807) is 59.7 Å². The average molecular weight is 420 g/mol. The zero-order chi connectivity index (χ0) is 22.8. The topological polar surface area (TPSA) is 78.9 Å². The minimum atomic E-state index is -0.464. The SMILES string of the molecule is [Li][c]1c(C)c(=O)n(Cc2ccccc2)c(=O)n1C(C)c1cn(C(=O)c2ccccc2)cn1. The van der Waals surface area contributed by atoms with Gasteiger partial charge in [-0.3, -0.25) is 0 Å². The van der Waals surface area contributed by atoms with Gasteiger partial charge in [-0.2, -0.15) is 0 Å². The van der Waals surface area contributed by atoms with Crippen LogP contribution in [-0.2, 0) is 6.54 Å². The Kier molecular flexibility index (Phi) is 6.13. The molecule has 0 bridgehead atoms. The fraction of sp³-hybridized carbons (Fsp3) is 0.167. The number of rotatable bonds is 5. The molecule has 0 N–H and O–H groups in total. The standard InChI is InChI=1S/C24H21N4O3.Li/c1-17-13-27(24(31)28(22(17)29)14-19-9-5-3-6-10-19)18(2)21-15-26(16-25-21)23(30)20-11-7-4-8-12-20;/h3-12,15-16,18H,14H2,1-2H3;. The van der Waals surface area contributed by atoms with Crippen LogP contribution in [0.3, 0.4) is 0 Å². The zero-order valence-electron chi connectivity index (χ0n) is 18.2. The summed E-state index contributed by atoms with van der Waals surface area (Å²) in [6, 6.07) is 17.9. The van der Waals surface area contributed by atoms with Gasteiger partial charge in [0, 0.05) is 0 Å². The number of hydrogen-bond donors (Lipinski definition) is 0. The van der Waals surface area contributed by atoms with Crippen LogP contribution < -0.4 is 15.6 Å². The number of hydrogen-bond acceptors (Lipinski definition) is 4. The van der Waals surface area contributed by atoms with Gasteiger partial charge in [-0.15, -0.1) is 0 Å². The van der Waals surface area contributed by atoms with E-state index in [1.807, 2.05) is 43.3 Å². The molecule has 2 aromatic carbocycles. The summed E-state index contributed by atoms with van der Waals surface area (Å²) < 4.78 is 4.81. The van der Waals surface area contributed by atoms with Crippen molar-refractivity contribution in [3.8, 4) is 0 Å². The number of imidazole rings is 1. The van der Waals surface area contributed by atoms with Crippen molar-refractivity contribution >= 4 is 28.0 Å². The van der Waals surface area contributed by atoms with Crippen molar-refractivity contribution in [1.82, 2.24) is 18.7 Å². The van der Waals surface area contributed by atoms with E-state index in [4.69, 9.17) is 0 Å². The van der Waals surface area contributed by atoms with Crippen LogP contribution in [-0.4, -0.2) is 42.3 Å². The molecule has 2 aromatic heterocycles. The van der Waals surface area contributed by atoms with Gasteiger partial charge in [0.05, 0.1) is 0 Å². The van der Waals surface area contributed by atoms with Crippen molar-refractivity contribution in [2.75, 3.05) is 0 Å². The van der Waals surface area contributed by atoms with Crippen LogP contribution in [0.5, 0.6) is 0 Å². The van der Waals surface area contributed by atoms with Crippen molar-refractivity contribution in [2.45, 2.75) is 26.4 Å². The van der Waals surface area contributed by atoms with E-state index in [9.17, 15) is 14.4 Å². The van der Waals surface area contributed by atoms with Crippen LogP contribution in [0, 0.1) is 6.92 Å². The Morgan fingerprint density at radius 3 is 2.31 bits per heavy atom. The molecule has 1 unspecified atom stereocenters. The Morgan fingerprint density at radius 1 is 1.03 bits per heavy atom. The molecule has 4 aromatic rings. The number of nitrogens with zero attached hydrogens (tertiary/aromatic N) is 4. The first kappa shape index (κ1) is 21.8. The summed E-state index contributed by atoms with van der Waals surface area (Å²) >= 11 is 1.76. The van der Waals surface area contributed by atoms with Crippen LogP contribution in [0.2, 0.25) is 0 Å². The molecule has 8 heteroatoms. The average Bonchev–Trinajstić information content (AvgIpc) is 3.32. The summed E-state index contributed by atoms with van der Waals surface area (Å²) in [6.45, 7) is 3.75. The van der Waals surface area contributed by atoms with Crippen molar-refractivity contribution in [1.29, 1.82) is 0 Å². The zero-order valence-corrected chi connectivity index (χ0v) is 18.2. The number of aromatic nitrogens is 4. The first-order chi connectivity index (χ1) is 15.4. The van der Waals surface area contributed by atoms with Crippen LogP contribution in [0.1, 0.15) is 40.1 Å². The van der Waals surface area contributed by atoms with Crippen molar-refractivity contribution in [3.05, 3.63) is 116 Å². The molecule has 0 amide bonds. The molecule has 7 nitrogen and oxygen atoms in total. The van der Waals surface area contributed by atoms with Gasteiger partial charge in [-0.25, -0.2) is 0 Å². The van der Waals surface area contributed by atoms with Crippen LogP contribution in [0.4, 0.5) is 0 Å². The van der Waals surface area contributed by atoms with E-state index in [-0.39, 0.29) is 18.0 Å². The third-order valence-electron chi connectivity index (χ3n) is 5.76. The Hall–Kier alpha value is -3.40. The van der Waals surface area contributed by atoms with Gasteiger partial charge in [0.2, 0.25) is 0 Å². The second-order valence-corrected chi connectivity index (χ2v) is 7.79. The van der Waals surface area contributed by atoms with Gasteiger partial charge < -0.3 is 0 Å². The predicted octanol–water partition coefficient (Wildman–Crippen LogP) is 1.65. The summed E-state index contributed by atoms with van der Waals surface area (Å²) in [4.78, 5) is 43.3. The van der Waals surface area contributed by atoms with E-state index in [0.29, 0.717) is 21.2 Å². The second kappa shape index (κ2) is 8.99. The first-order valence-corrected chi connectivity index (χ1v) is 10.4. The number of benzene rings is 2. The van der Waals surface area contributed by atoms with Gasteiger partial charge in [-0.1, -0.05) is 0 Å². The maximum absolute atomic E-state index is 13.4. The van der Waals surface area contributed by atoms with E-state index in [0.717, 1.165) is 5.56 Å². The molecular weight excluding hydrogens is 399 g/mol. The number of carbonyl (C=O) groups is 1. The summed E-state index contributed by atoms with van der Waals surface area (Å²) in [5, 5.41) is 0. The quantitative estimate of drug-likeness (QED) is 0.460. The Balaban J connectivity index is 1.74. The molecule has 0 aliphatic heterocycles. The Labute approximate surface area is 194 Å². The van der Waals surface area contributed by atoms with Gasteiger partial charge in [0.25, 0.3) is 0 Å². The fourth-order valence-corrected chi connectivity index (χ4v) is 3.79. The maximum atomic E-state index is 13.4. The van der Waals surface area contributed by atoms with Gasteiger partial charge in [-0.05, 0) is 0 Å². The van der Waals surface area contributed by atoms with Crippen LogP contribution >= 0.6 is 0 Å². The van der Waals surface area contributed by atoms with Gasteiger partial charge in [0.15, 0.2) is 0 Å². The molecular formula is C24H21LiN4O3. The molecule has 0 aliphatic rings. The molecule has 4 rings (SSSR count). The summed E-state index contributed by atoms with van der Waals surface area (Å²) in [5.41, 5.74) is 1.77. The van der Waals surface area contributed by atoms with E-state index in [1.165, 1.54) is 15.5 Å². The molecule has 32 heavy (non-hydrogen) atoms. The molecule has 0 spiro atoms. The summed E-state index contributed by atoms with van der Waals surface area (Å²) in [6.07, 6.45) is 3.09. The predicted molar refractivity (Wildman–Crippen MR) is 123 cm³/mol. The molecule has 0 fully saturated rings. The molecule has 0 aliphatic carbocycles. The van der Waals surface area contributed by atoms with Gasteiger partial charge in [0.1, 0.15) is 0 Å². The van der Waals surface area contributed by atoms with E-state index < -0.39 is 11.7 Å². The van der Waals surface area contributed by atoms with Crippen molar-refractivity contribution in [2.24, 2.45) is 0 Å². The normalized spacial score (nSPS) is 12.0. The third-order valence-corrected chi connectivity index (χ3v) is 5.76. The molecule has 2 heterocycles. The van der Waals surface area contributed by atoms with Crippen molar-refractivity contribution in [3.63, 3.8) is 0 Å². The van der Waals surface area contributed by atoms with E-state index in [2.05, 4.69) is 4.98 Å². The summed E-state index contributed by atoms with van der Waals surface area (Å²) in [7, 11) is 0. The Bertz CT molecular complexity index is 1390. The monoisotopic (exact) mass is 420 g/mol. The number of carbonyl (C=O) groups excluding carboxylic acids is 1. The van der Waals surface area contributed by atoms with Crippen LogP contribution in [0.15, 0.2) is 82.8 Å². The third kappa shape index (κ3) is 4.05. The second-order valence-electron chi connectivity index (χ2n) is 7.79. The van der Waals surface area contributed by atoms with Gasteiger partial charge >= 0.3 is 194 Å². The Morgan fingerprint density at radius 2 is 1.66 bits per heavy atom. The van der Waals surface area contributed by atoms with Crippen molar-refractivity contribution < 1.29 is 4.79 Å². The molecule has 156 valence electrons. The first-order valence-electron chi connectivity index (χ1n) is 10.4. The fourth-order valence-electron chi connectivity index (χ4n) is 3.79. The minimum absolute atomic E-state index is 0.188. The van der Waals surface area contributed by atoms with Crippen LogP contribution in [0.25, 0.3) is 0 Å². The molecule has 0 saturated heterocycles. The molecule has 0 radical (unpaired) electrons. The van der Waals surface area contributed by atoms with E-state index >= 15 is 0 Å². The molecule has 0 saturated carbocycles. The summed E-state index contributed by atoms with van der Waals surface area (Å²) in [5.74, 6) is -0.203. The molecule has 1 atom stereocenters.